The molecule has 0 saturated heterocycles. The molecule has 0 aliphatic carbocycles. The van der Waals surface area contributed by atoms with E-state index in [0.29, 0.717) is 11.6 Å². The minimum atomic E-state index is -0.128. The van der Waals surface area contributed by atoms with Gasteiger partial charge in [-0.1, -0.05) is 42.8 Å². The summed E-state index contributed by atoms with van der Waals surface area (Å²) in [4.78, 5) is 12.6. The highest BCUT2D eigenvalue weighted by Crippen LogP contribution is 2.20. The molecule has 1 aromatic heterocycles. The minimum absolute atomic E-state index is 0.128. The van der Waals surface area contributed by atoms with Crippen LogP contribution >= 0.6 is 15.9 Å². The summed E-state index contributed by atoms with van der Waals surface area (Å²) in [6.45, 7) is 7.15. The summed E-state index contributed by atoms with van der Waals surface area (Å²) in [5, 5.41) is 0. The first-order valence-corrected chi connectivity index (χ1v) is 8.11. The molecule has 0 fully saturated rings. The van der Waals surface area contributed by atoms with Gasteiger partial charge in [-0.2, -0.15) is 0 Å². The predicted molar refractivity (Wildman–Crippen MR) is 91.0 cm³/mol. The molecule has 0 amide bonds. The summed E-state index contributed by atoms with van der Waals surface area (Å²) in [7, 11) is 0. The zero-order valence-corrected chi connectivity index (χ0v) is 14.4. The third-order valence-electron chi connectivity index (χ3n) is 3.38. The predicted octanol–water partition coefficient (Wildman–Crippen LogP) is 3.59. The van der Waals surface area contributed by atoms with Crippen molar-refractivity contribution in [3.8, 4) is 5.69 Å². The number of nitrogen functional groups attached to an aromatic ring is 1. The van der Waals surface area contributed by atoms with Gasteiger partial charge < -0.3 is 5.73 Å². The lowest BCUT2D eigenvalue weighted by Crippen LogP contribution is -2.22. The van der Waals surface area contributed by atoms with Crippen LogP contribution in [0.5, 0.6) is 0 Å². The lowest BCUT2D eigenvalue weighted by molar-refractivity contribution is 0.494. The third-order valence-corrected chi connectivity index (χ3v) is 3.87. The second-order valence-electron chi connectivity index (χ2n) is 5.68. The minimum Gasteiger partial charge on any atom is -0.393 e. The van der Waals surface area contributed by atoms with E-state index in [1.807, 2.05) is 28.9 Å². The van der Waals surface area contributed by atoms with Crippen LogP contribution < -0.4 is 11.3 Å². The highest BCUT2D eigenvalue weighted by molar-refractivity contribution is 9.10. The topological polar surface area (TPSA) is 52.9 Å². The van der Waals surface area contributed by atoms with Crippen LogP contribution in [-0.4, -0.2) is 9.36 Å². The van der Waals surface area contributed by atoms with Crippen molar-refractivity contribution in [2.45, 2.75) is 40.2 Å². The summed E-state index contributed by atoms with van der Waals surface area (Å²) in [6.07, 6.45) is 1.76. The second kappa shape index (κ2) is 6.52. The van der Waals surface area contributed by atoms with Crippen LogP contribution in [0.1, 0.15) is 32.9 Å². The van der Waals surface area contributed by atoms with Gasteiger partial charge in [-0.15, -0.1) is 0 Å². The van der Waals surface area contributed by atoms with E-state index in [9.17, 15) is 4.79 Å². The first kappa shape index (κ1) is 15.9. The van der Waals surface area contributed by atoms with E-state index in [4.69, 9.17) is 5.73 Å². The van der Waals surface area contributed by atoms with Gasteiger partial charge in [0.05, 0.1) is 11.4 Å². The largest absolute Gasteiger partial charge is 0.393 e. The lowest BCUT2D eigenvalue weighted by atomic mass is 10.1. The Hall–Kier alpha value is -1.49. The van der Waals surface area contributed by atoms with Gasteiger partial charge in [-0.25, -0.2) is 4.68 Å². The summed E-state index contributed by atoms with van der Waals surface area (Å²) >= 11 is 3.46. The molecule has 0 aliphatic rings. The van der Waals surface area contributed by atoms with Crippen LogP contribution in [0.2, 0.25) is 0 Å². The van der Waals surface area contributed by atoms with E-state index in [0.717, 1.165) is 35.2 Å². The maximum Gasteiger partial charge on any atom is 0.294 e. The molecule has 114 valence electrons. The quantitative estimate of drug-likeness (QED) is 0.894. The van der Waals surface area contributed by atoms with Crippen LogP contribution in [0.15, 0.2) is 33.5 Å². The maximum atomic E-state index is 12.6. The average Bonchev–Trinajstić information content (AvgIpc) is 2.64. The molecule has 0 aliphatic heterocycles. The van der Waals surface area contributed by atoms with E-state index in [2.05, 4.69) is 36.7 Å². The Morgan fingerprint density at radius 1 is 1.33 bits per heavy atom. The number of nitrogens with two attached hydrogens (primary N) is 1. The van der Waals surface area contributed by atoms with Crippen molar-refractivity contribution >= 4 is 21.6 Å². The van der Waals surface area contributed by atoms with Crippen LogP contribution in [0.25, 0.3) is 5.69 Å². The summed E-state index contributed by atoms with van der Waals surface area (Å²) in [5.74, 6) is 0.452. The molecular formula is C16H22BrN3O. The Kier molecular flexibility index (Phi) is 4.93. The number of nitrogens with zero attached hydrogens (tertiary/aromatic N) is 2. The van der Waals surface area contributed by atoms with Crippen molar-refractivity contribution in [1.82, 2.24) is 9.36 Å². The number of anilines is 1. The Labute approximate surface area is 133 Å². The van der Waals surface area contributed by atoms with Crippen molar-refractivity contribution in [2.75, 3.05) is 5.73 Å². The van der Waals surface area contributed by atoms with Gasteiger partial charge in [-0.05, 0) is 37.0 Å². The van der Waals surface area contributed by atoms with Crippen LogP contribution in [0.4, 0.5) is 5.69 Å². The molecule has 0 radical (unpaired) electrons. The fraction of sp³-hybridized carbons (Fsp3) is 0.438. The fourth-order valence-corrected chi connectivity index (χ4v) is 2.91. The number of benzene rings is 1. The van der Waals surface area contributed by atoms with Gasteiger partial charge in [0, 0.05) is 11.0 Å². The molecule has 0 spiro atoms. The van der Waals surface area contributed by atoms with Gasteiger partial charge in [0.25, 0.3) is 5.56 Å². The van der Waals surface area contributed by atoms with Crippen LogP contribution in [0, 0.1) is 5.92 Å². The van der Waals surface area contributed by atoms with Crippen molar-refractivity contribution in [2.24, 2.45) is 5.92 Å². The molecule has 0 saturated carbocycles. The fourth-order valence-electron chi connectivity index (χ4n) is 2.52. The normalized spacial score (nSPS) is 11.3. The molecule has 0 unspecified atom stereocenters. The van der Waals surface area contributed by atoms with Gasteiger partial charge >= 0.3 is 0 Å². The monoisotopic (exact) mass is 351 g/mol. The molecule has 0 atom stereocenters. The summed E-state index contributed by atoms with van der Waals surface area (Å²) < 4.78 is 4.67. The van der Waals surface area contributed by atoms with E-state index in [1.54, 1.807) is 4.68 Å². The van der Waals surface area contributed by atoms with Crippen LogP contribution in [-0.2, 0) is 13.0 Å². The Morgan fingerprint density at radius 3 is 2.62 bits per heavy atom. The number of hydrogen-bond donors (Lipinski definition) is 1. The summed E-state index contributed by atoms with van der Waals surface area (Å²) in [6, 6.07) is 7.73. The van der Waals surface area contributed by atoms with E-state index >= 15 is 0 Å². The molecule has 0 bridgehead atoms. The smallest absolute Gasteiger partial charge is 0.294 e. The molecule has 1 heterocycles. The van der Waals surface area contributed by atoms with Gasteiger partial charge in [0.15, 0.2) is 0 Å². The van der Waals surface area contributed by atoms with Crippen molar-refractivity contribution in [1.29, 1.82) is 0 Å². The standard InChI is InChI=1S/C16H22BrN3O/c1-4-8-19-14(9-11(2)3)15(18)16(21)20(19)13-7-5-6-12(17)10-13/h5-7,10-11H,4,8-9,18H2,1-3H3. The van der Waals surface area contributed by atoms with Gasteiger partial charge in [0.1, 0.15) is 5.69 Å². The molecule has 2 aromatic rings. The molecule has 4 nitrogen and oxygen atoms in total. The first-order valence-electron chi connectivity index (χ1n) is 7.31. The SMILES string of the molecule is CCCn1c(CC(C)C)c(N)c(=O)n1-c1cccc(Br)c1. The van der Waals surface area contributed by atoms with E-state index in [1.165, 1.54) is 0 Å². The molecular weight excluding hydrogens is 330 g/mol. The first-order chi connectivity index (χ1) is 9.95. The Balaban J connectivity index is 2.67. The average molecular weight is 352 g/mol. The van der Waals surface area contributed by atoms with Gasteiger partial charge in [-0.3, -0.25) is 9.48 Å². The Bertz CT molecular complexity index is 685. The maximum absolute atomic E-state index is 12.6. The molecule has 1 aromatic carbocycles. The molecule has 2 rings (SSSR count). The second-order valence-corrected chi connectivity index (χ2v) is 6.59. The van der Waals surface area contributed by atoms with Crippen LogP contribution in [0.3, 0.4) is 0 Å². The highest BCUT2D eigenvalue weighted by atomic mass is 79.9. The number of aromatic nitrogens is 2. The zero-order valence-electron chi connectivity index (χ0n) is 12.8. The van der Waals surface area contributed by atoms with Crippen molar-refractivity contribution in [3.63, 3.8) is 0 Å². The molecule has 2 N–H and O–H groups in total. The van der Waals surface area contributed by atoms with E-state index in [-0.39, 0.29) is 5.56 Å². The molecule has 21 heavy (non-hydrogen) atoms. The van der Waals surface area contributed by atoms with E-state index < -0.39 is 0 Å². The highest BCUT2D eigenvalue weighted by Gasteiger charge is 2.19. The van der Waals surface area contributed by atoms with Gasteiger partial charge in [0.2, 0.25) is 0 Å². The zero-order chi connectivity index (χ0) is 15.6. The Morgan fingerprint density at radius 2 is 2.05 bits per heavy atom. The third kappa shape index (κ3) is 3.23. The summed E-state index contributed by atoms with van der Waals surface area (Å²) in [5.41, 5.74) is 8.12. The number of hydrogen-bond acceptors (Lipinski definition) is 2. The van der Waals surface area contributed by atoms with Crippen molar-refractivity contribution < 1.29 is 0 Å². The lowest BCUT2D eigenvalue weighted by Gasteiger charge is -2.15. The number of halogens is 1. The van der Waals surface area contributed by atoms with Crippen molar-refractivity contribution in [3.05, 3.63) is 44.8 Å². The number of rotatable bonds is 5. The molecule has 5 heteroatoms.